The van der Waals surface area contributed by atoms with Gasteiger partial charge < -0.3 is 0 Å². The molecule has 2 N–H and O–H groups in total. The summed E-state index contributed by atoms with van der Waals surface area (Å²) in [4.78, 5) is 24.9. The van der Waals surface area contributed by atoms with Gasteiger partial charge in [-0.2, -0.15) is 5.10 Å². The van der Waals surface area contributed by atoms with E-state index in [0.29, 0.717) is 0 Å². The maximum Gasteiger partial charge on any atom is 0.260 e. The molecule has 0 unspecified atom stereocenters. The van der Waals surface area contributed by atoms with Crippen LogP contribution in [0.5, 0.6) is 0 Å². The summed E-state index contributed by atoms with van der Waals surface area (Å²) in [5, 5.41) is 6.52. The SMILES string of the molecule is Cc1cc(C)n(CC(=O)NNC(=O)CSc2ccc3ccccc3c2)n1. The Morgan fingerprint density at radius 2 is 1.73 bits per heavy atom. The second-order valence-electron chi connectivity index (χ2n) is 5.98. The van der Waals surface area contributed by atoms with Crippen LogP contribution in [0.4, 0.5) is 0 Å². The largest absolute Gasteiger partial charge is 0.272 e. The Balaban J connectivity index is 1.46. The lowest BCUT2D eigenvalue weighted by Crippen LogP contribution is -2.44. The van der Waals surface area contributed by atoms with Gasteiger partial charge in [-0.05, 0) is 42.8 Å². The number of fused-ring (bicyclic) bond motifs is 1. The number of amides is 2. The molecule has 3 aromatic rings. The monoisotopic (exact) mass is 368 g/mol. The molecule has 0 fully saturated rings. The van der Waals surface area contributed by atoms with Gasteiger partial charge in [0, 0.05) is 10.6 Å². The van der Waals surface area contributed by atoms with Crippen molar-refractivity contribution in [3.05, 3.63) is 59.9 Å². The van der Waals surface area contributed by atoms with Gasteiger partial charge >= 0.3 is 0 Å². The fourth-order valence-corrected chi connectivity index (χ4v) is 3.34. The van der Waals surface area contributed by atoms with E-state index in [9.17, 15) is 9.59 Å². The van der Waals surface area contributed by atoms with Crippen molar-refractivity contribution in [2.75, 3.05) is 5.75 Å². The third-order valence-corrected chi connectivity index (χ3v) is 4.82. The maximum absolute atomic E-state index is 11.9. The Kier molecular flexibility index (Phi) is 5.58. The molecule has 0 radical (unpaired) electrons. The molecule has 0 spiro atoms. The van der Waals surface area contributed by atoms with Crippen molar-refractivity contribution in [2.24, 2.45) is 0 Å². The van der Waals surface area contributed by atoms with Crippen molar-refractivity contribution in [2.45, 2.75) is 25.3 Å². The summed E-state index contributed by atoms with van der Waals surface area (Å²) in [6.07, 6.45) is 0. The van der Waals surface area contributed by atoms with Crippen molar-refractivity contribution in [1.29, 1.82) is 0 Å². The zero-order valence-corrected chi connectivity index (χ0v) is 15.5. The van der Waals surface area contributed by atoms with Crippen molar-refractivity contribution < 1.29 is 9.59 Å². The number of hydrazine groups is 1. The number of hydrogen-bond donors (Lipinski definition) is 2. The van der Waals surface area contributed by atoms with Crippen LogP contribution in [0.2, 0.25) is 0 Å². The molecular formula is C19H20N4O2S. The molecule has 1 aromatic heterocycles. The summed E-state index contributed by atoms with van der Waals surface area (Å²) in [6.45, 7) is 3.82. The number of aryl methyl sites for hydroxylation is 2. The number of thioether (sulfide) groups is 1. The first-order valence-electron chi connectivity index (χ1n) is 8.21. The molecule has 0 bridgehead atoms. The molecular weight excluding hydrogens is 348 g/mol. The normalized spacial score (nSPS) is 10.7. The quantitative estimate of drug-likeness (QED) is 0.536. The van der Waals surface area contributed by atoms with Gasteiger partial charge in [0.2, 0.25) is 5.91 Å². The summed E-state index contributed by atoms with van der Waals surface area (Å²) in [5.74, 6) is -0.358. The fraction of sp³-hybridized carbons (Fsp3) is 0.211. The summed E-state index contributed by atoms with van der Waals surface area (Å²) in [7, 11) is 0. The van der Waals surface area contributed by atoms with Crippen LogP contribution in [-0.4, -0.2) is 27.3 Å². The molecule has 26 heavy (non-hydrogen) atoms. The van der Waals surface area contributed by atoms with Crippen LogP contribution in [0.25, 0.3) is 10.8 Å². The van der Waals surface area contributed by atoms with Crippen LogP contribution < -0.4 is 10.9 Å². The van der Waals surface area contributed by atoms with Gasteiger partial charge in [-0.1, -0.05) is 30.3 Å². The molecule has 2 aromatic carbocycles. The predicted molar refractivity (Wildman–Crippen MR) is 103 cm³/mol. The molecule has 0 saturated carbocycles. The zero-order chi connectivity index (χ0) is 18.5. The maximum atomic E-state index is 11.9. The van der Waals surface area contributed by atoms with Crippen LogP contribution in [0.1, 0.15) is 11.4 Å². The molecule has 0 atom stereocenters. The average Bonchev–Trinajstić information content (AvgIpc) is 2.95. The Labute approximate surface area is 155 Å². The van der Waals surface area contributed by atoms with Gasteiger partial charge in [-0.3, -0.25) is 25.1 Å². The number of benzene rings is 2. The predicted octanol–water partition coefficient (Wildman–Crippen LogP) is 2.59. The van der Waals surface area contributed by atoms with Gasteiger partial charge in [0.1, 0.15) is 6.54 Å². The van der Waals surface area contributed by atoms with Crippen molar-refractivity contribution in [3.8, 4) is 0 Å². The molecule has 0 aliphatic heterocycles. The number of hydrogen-bond acceptors (Lipinski definition) is 4. The van der Waals surface area contributed by atoms with Gasteiger partial charge in [0.15, 0.2) is 0 Å². The smallest absolute Gasteiger partial charge is 0.260 e. The van der Waals surface area contributed by atoms with E-state index >= 15 is 0 Å². The molecule has 0 saturated heterocycles. The van der Waals surface area contributed by atoms with Gasteiger partial charge in [0.25, 0.3) is 5.91 Å². The standard InChI is InChI=1S/C19H20N4O2S/c1-13-9-14(2)23(22-13)11-18(24)20-21-19(25)12-26-17-8-7-15-5-3-4-6-16(15)10-17/h3-10H,11-12H2,1-2H3,(H,20,24)(H,21,25). The van der Waals surface area contributed by atoms with Crippen LogP contribution in [-0.2, 0) is 16.1 Å². The lowest BCUT2D eigenvalue weighted by Gasteiger charge is -2.08. The minimum absolute atomic E-state index is 0.0672. The average molecular weight is 368 g/mol. The number of carbonyl (C=O) groups is 2. The third kappa shape index (κ3) is 4.64. The number of nitrogens with one attached hydrogen (secondary N) is 2. The molecule has 0 aliphatic rings. The number of nitrogens with zero attached hydrogens (tertiary/aromatic N) is 2. The van der Waals surface area contributed by atoms with Crippen LogP contribution in [0, 0.1) is 13.8 Å². The topological polar surface area (TPSA) is 76.0 Å². The van der Waals surface area contributed by atoms with Gasteiger partial charge in [0.05, 0.1) is 11.4 Å². The summed E-state index contributed by atoms with van der Waals surface area (Å²) >= 11 is 1.42. The third-order valence-electron chi connectivity index (χ3n) is 3.83. The lowest BCUT2D eigenvalue weighted by molar-refractivity contribution is -0.128. The van der Waals surface area contributed by atoms with Gasteiger partial charge in [-0.15, -0.1) is 11.8 Å². The van der Waals surface area contributed by atoms with E-state index in [-0.39, 0.29) is 24.1 Å². The Bertz CT molecular complexity index is 952. The summed E-state index contributed by atoms with van der Waals surface area (Å²) in [5.41, 5.74) is 6.61. The van der Waals surface area contributed by atoms with Crippen LogP contribution in [0.3, 0.4) is 0 Å². The van der Waals surface area contributed by atoms with E-state index in [1.165, 1.54) is 11.8 Å². The molecule has 0 aliphatic carbocycles. The highest BCUT2D eigenvalue weighted by Gasteiger charge is 2.09. The van der Waals surface area contributed by atoms with E-state index in [2.05, 4.69) is 28.1 Å². The molecule has 2 amide bonds. The first-order chi connectivity index (χ1) is 12.5. The molecule has 7 heteroatoms. The fourth-order valence-electron chi connectivity index (χ4n) is 2.59. The Morgan fingerprint density at radius 3 is 2.46 bits per heavy atom. The molecule has 134 valence electrons. The van der Waals surface area contributed by atoms with E-state index in [4.69, 9.17) is 0 Å². The Hall–Kier alpha value is -2.80. The minimum atomic E-state index is -0.319. The van der Waals surface area contributed by atoms with E-state index in [1.807, 2.05) is 50.2 Å². The first-order valence-corrected chi connectivity index (χ1v) is 9.20. The Morgan fingerprint density at radius 1 is 1.00 bits per heavy atom. The van der Waals surface area contributed by atoms with E-state index in [0.717, 1.165) is 27.1 Å². The highest BCUT2D eigenvalue weighted by Crippen LogP contribution is 2.23. The second kappa shape index (κ2) is 8.05. The van der Waals surface area contributed by atoms with Crippen LogP contribution >= 0.6 is 11.8 Å². The summed E-state index contributed by atoms with van der Waals surface area (Å²) < 4.78 is 1.60. The van der Waals surface area contributed by atoms with Crippen molar-refractivity contribution in [1.82, 2.24) is 20.6 Å². The highest BCUT2D eigenvalue weighted by molar-refractivity contribution is 8.00. The zero-order valence-electron chi connectivity index (χ0n) is 14.7. The first kappa shape index (κ1) is 18.0. The van der Waals surface area contributed by atoms with Crippen molar-refractivity contribution in [3.63, 3.8) is 0 Å². The molecule has 1 heterocycles. The van der Waals surface area contributed by atoms with Crippen LogP contribution in [0.15, 0.2) is 53.4 Å². The van der Waals surface area contributed by atoms with Crippen molar-refractivity contribution >= 4 is 34.3 Å². The number of aromatic nitrogens is 2. The minimum Gasteiger partial charge on any atom is -0.272 e. The lowest BCUT2D eigenvalue weighted by atomic mass is 10.1. The molecule has 3 rings (SSSR count). The molecule has 6 nitrogen and oxygen atoms in total. The second-order valence-corrected chi connectivity index (χ2v) is 7.03. The van der Waals surface area contributed by atoms with E-state index in [1.54, 1.807) is 4.68 Å². The number of carbonyl (C=O) groups excluding carboxylic acids is 2. The number of rotatable bonds is 5. The van der Waals surface area contributed by atoms with Gasteiger partial charge in [-0.25, -0.2) is 0 Å². The van der Waals surface area contributed by atoms with E-state index < -0.39 is 0 Å². The summed E-state index contributed by atoms with van der Waals surface area (Å²) in [6, 6.07) is 16.0. The highest BCUT2D eigenvalue weighted by atomic mass is 32.2.